The number of aliphatic carboxylic acids is 2. The van der Waals surface area contributed by atoms with Crippen LogP contribution in [0.5, 0.6) is 0 Å². The first kappa shape index (κ1) is 29.1. The molecule has 0 saturated heterocycles. The fourth-order valence-electron chi connectivity index (χ4n) is 2.99. The maximum atomic E-state index is 10.3. The van der Waals surface area contributed by atoms with Crippen LogP contribution in [0.3, 0.4) is 0 Å². The van der Waals surface area contributed by atoms with E-state index in [0.717, 1.165) is 25.8 Å². The highest BCUT2D eigenvalue weighted by atomic mass is 16.4. The Morgan fingerprint density at radius 3 is 1.36 bits per heavy atom. The van der Waals surface area contributed by atoms with Crippen LogP contribution >= 0.6 is 0 Å². The molecule has 5 nitrogen and oxygen atoms in total. The van der Waals surface area contributed by atoms with Crippen LogP contribution in [-0.4, -0.2) is 35.2 Å². The van der Waals surface area contributed by atoms with Crippen LogP contribution in [0.25, 0.3) is 0 Å². The van der Waals surface area contributed by atoms with Crippen molar-refractivity contribution in [2.45, 2.75) is 123 Å². The second kappa shape index (κ2) is 25.9. The molecule has 0 rings (SSSR count). The van der Waals surface area contributed by atoms with E-state index >= 15 is 0 Å². The zero-order valence-corrected chi connectivity index (χ0v) is 18.6. The quantitative estimate of drug-likeness (QED) is 0.205. The molecule has 0 aliphatic heterocycles. The van der Waals surface area contributed by atoms with Crippen molar-refractivity contribution in [1.82, 2.24) is 5.32 Å². The molecular weight excluding hydrogens is 354 g/mol. The summed E-state index contributed by atoms with van der Waals surface area (Å²) in [4.78, 5) is 20.3. The lowest BCUT2D eigenvalue weighted by atomic mass is 10.0. The van der Waals surface area contributed by atoms with Gasteiger partial charge in [0, 0.05) is 6.42 Å². The number of carbonyl (C=O) groups is 2. The summed E-state index contributed by atoms with van der Waals surface area (Å²) >= 11 is 0. The van der Waals surface area contributed by atoms with Crippen molar-refractivity contribution in [2.75, 3.05) is 13.1 Å². The number of unbranched alkanes of at least 4 members (excludes halogenated alkanes) is 14. The summed E-state index contributed by atoms with van der Waals surface area (Å²) in [6.07, 6.45) is 20.7. The monoisotopic (exact) mass is 401 g/mol. The molecule has 0 aromatic heterocycles. The summed E-state index contributed by atoms with van der Waals surface area (Å²) in [5.41, 5.74) is 0. The molecule has 0 fully saturated rings. The molecule has 5 heteroatoms. The first-order valence-electron chi connectivity index (χ1n) is 11.7. The van der Waals surface area contributed by atoms with Crippen molar-refractivity contribution in [3.8, 4) is 0 Å². The van der Waals surface area contributed by atoms with Gasteiger partial charge in [0.15, 0.2) is 0 Å². The molecule has 0 saturated carbocycles. The molecule has 0 aliphatic carbocycles. The summed E-state index contributed by atoms with van der Waals surface area (Å²) in [6.45, 7) is 5.29. The normalized spacial score (nSPS) is 10.4. The minimum absolute atomic E-state index is 0.0870. The predicted molar refractivity (Wildman–Crippen MR) is 118 cm³/mol. The molecule has 0 spiro atoms. The maximum Gasteiger partial charge on any atom is 0.317 e. The van der Waals surface area contributed by atoms with Crippen LogP contribution in [0.1, 0.15) is 123 Å². The Kier molecular flexibility index (Phi) is 26.9. The van der Waals surface area contributed by atoms with Crippen LogP contribution in [0.2, 0.25) is 0 Å². The minimum Gasteiger partial charge on any atom is -0.481 e. The summed E-state index contributed by atoms with van der Waals surface area (Å²) < 4.78 is 0. The Balaban J connectivity index is 0. The van der Waals surface area contributed by atoms with Gasteiger partial charge in [0.05, 0.1) is 6.54 Å². The number of carboxylic acid groups (broad SMARTS) is 2. The van der Waals surface area contributed by atoms with Crippen molar-refractivity contribution < 1.29 is 19.8 Å². The Morgan fingerprint density at radius 1 is 0.571 bits per heavy atom. The molecule has 0 aliphatic rings. The van der Waals surface area contributed by atoms with Gasteiger partial charge in [-0.05, 0) is 19.4 Å². The minimum atomic E-state index is -0.781. The first-order valence-corrected chi connectivity index (χ1v) is 11.7. The fraction of sp³-hybridized carbons (Fsp3) is 0.913. The summed E-state index contributed by atoms with van der Waals surface area (Å²) in [5, 5.41) is 19.5. The molecule has 0 aromatic rings. The van der Waals surface area contributed by atoms with Crippen LogP contribution < -0.4 is 5.32 Å². The van der Waals surface area contributed by atoms with Crippen LogP contribution in [0.15, 0.2) is 0 Å². The second-order valence-corrected chi connectivity index (χ2v) is 7.66. The van der Waals surface area contributed by atoms with Crippen molar-refractivity contribution in [2.24, 2.45) is 0 Å². The van der Waals surface area contributed by atoms with E-state index < -0.39 is 11.9 Å². The third kappa shape index (κ3) is 32.6. The molecule has 0 amide bonds. The standard InChI is InChI=1S/C16H32O2.C7H15NO2/c1-2-3-4-5-6-7-8-9-10-11-12-13-14-15-16(17)18;1-2-3-4-5-8-6-7(9)10/h2-15H2,1H3,(H,17,18);8H,2-6H2,1H3,(H,9,10). The molecule has 0 aromatic carbocycles. The number of nitrogens with one attached hydrogen (secondary N) is 1. The highest BCUT2D eigenvalue weighted by molar-refractivity contribution is 5.68. The van der Waals surface area contributed by atoms with Gasteiger partial charge in [-0.2, -0.15) is 0 Å². The van der Waals surface area contributed by atoms with Gasteiger partial charge < -0.3 is 15.5 Å². The Bertz CT molecular complexity index is 335. The molecule has 0 heterocycles. The Labute approximate surface area is 173 Å². The summed E-state index contributed by atoms with van der Waals surface area (Å²) in [7, 11) is 0. The largest absolute Gasteiger partial charge is 0.481 e. The Hall–Kier alpha value is -1.10. The lowest BCUT2D eigenvalue weighted by molar-refractivity contribution is -0.137. The third-order valence-electron chi connectivity index (χ3n) is 4.73. The maximum absolute atomic E-state index is 10.3. The van der Waals surface area contributed by atoms with E-state index in [0.29, 0.717) is 6.42 Å². The predicted octanol–water partition coefficient (Wildman–Crippen LogP) is 6.40. The van der Waals surface area contributed by atoms with Crippen molar-refractivity contribution in [3.05, 3.63) is 0 Å². The zero-order chi connectivity index (χ0) is 21.3. The van der Waals surface area contributed by atoms with E-state index in [1.807, 2.05) is 0 Å². The van der Waals surface area contributed by atoms with E-state index in [9.17, 15) is 9.59 Å². The highest BCUT2D eigenvalue weighted by Crippen LogP contribution is 2.12. The number of rotatable bonds is 20. The van der Waals surface area contributed by atoms with Crippen molar-refractivity contribution in [3.63, 3.8) is 0 Å². The molecule has 0 atom stereocenters. The molecule has 3 N–H and O–H groups in total. The van der Waals surface area contributed by atoms with E-state index in [1.165, 1.54) is 83.5 Å². The topological polar surface area (TPSA) is 86.6 Å². The van der Waals surface area contributed by atoms with Gasteiger partial charge >= 0.3 is 11.9 Å². The van der Waals surface area contributed by atoms with Gasteiger partial charge in [-0.15, -0.1) is 0 Å². The lowest BCUT2D eigenvalue weighted by Crippen LogP contribution is -2.23. The SMILES string of the molecule is CCCCCCCCCCCCCCCC(=O)O.CCCCCNCC(=O)O. The molecular formula is C23H47NO4. The van der Waals surface area contributed by atoms with E-state index in [4.69, 9.17) is 10.2 Å². The molecule has 0 unspecified atom stereocenters. The van der Waals surface area contributed by atoms with Gasteiger partial charge in [-0.1, -0.05) is 104 Å². The van der Waals surface area contributed by atoms with Crippen LogP contribution in [0, 0.1) is 0 Å². The van der Waals surface area contributed by atoms with Crippen molar-refractivity contribution in [1.29, 1.82) is 0 Å². The van der Waals surface area contributed by atoms with E-state index in [-0.39, 0.29) is 6.54 Å². The smallest absolute Gasteiger partial charge is 0.317 e. The number of carboxylic acids is 2. The average Bonchev–Trinajstić information content (AvgIpc) is 2.65. The average molecular weight is 402 g/mol. The van der Waals surface area contributed by atoms with E-state index in [1.54, 1.807) is 0 Å². The van der Waals surface area contributed by atoms with Gasteiger partial charge in [-0.25, -0.2) is 0 Å². The molecule has 0 bridgehead atoms. The molecule has 0 radical (unpaired) electrons. The van der Waals surface area contributed by atoms with Gasteiger partial charge in [0.25, 0.3) is 0 Å². The van der Waals surface area contributed by atoms with Gasteiger partial charge in [-0.3, -0.25) is 9.59 Å². The van der Waals surface area contributed by atoms with Gasteiger partial charge in [0.1, 0.15) is 0 Å². The van der Waals surface area contributed by atoms with Crippen molar-refractivity contribution >= 4 is 11.9 Å². The van der Waals surface area contributed by atoms with Crippen LogP contribution in [0.4, 0.5) is 0 Å². The molecule has 28 heavy (non-hydrogen) atoms. The molecule has 168 valence electrons. The zero-order valence-electron chi connectivity index (χ0n) is 18.6. The lowest BCUT2D eigenvalue weighted by Gasteiger charge is -2.02. The number of hydrogen-bond acceptors (Lipinski definition) is 3. The summed E-state index contributed by atoms with van der Waals surface area (Å²) in [5.74, 6) is -1.44. The first-order chi connectivity index (χ1) is 13.5. The van der Waals surface area contributed by atoms with Crippen LogP contribution in [-0.2, 0) is 9.59 Å². The highest BCUT2D eigenvalue weighted by Gasteiger charge is 1.97. The fourth-order valence-corrected chi connectivity index (χ4v) is 2.99. The summed E-state index contributed by atoms with van der Waals surface area (Å²) in [6, 6.07) is 0. The second-order valence-electron chi connectivity index (χ2n) is 7.66. The third-order valence-corrected chi connectivity index (χ3v) is 4.73. The van der Waals surface area contributed by atoms with Gasteiger partial charge in [0.2, 0.25) is 0 Å². The van der Waals surface area contributed by atoms with E-state index in [2.05, 4.69) is 19.2 Å². The number of hydrogen-bond donors (Lipinski definition) is 3. The Morgan fingerprint density at radius 2 is 0.964 bits per heavy atom.